The minimum Gasteiger partial charge on any atom is -0.473 e. The van der Waals surface area contributed by atoms with Crippen molar-refractivity contribution in [1.29, 1.82) is 0 Å². The maximum Gasteiger partial charge on any atom is 0.221 e. The van der Waals surface area contributed by atoms with Gasteiger partial charge in [0.15, 0.2) is 0 Å². The first-order valence-electron chi connectivity index (χ1n) is 6.68. The highest BCUT2D eigenvalue weighted by molar-refractivity contribution is 5.87. The number of nitrogens with zero attached hydrogens (tertiary/aromatic N) is 1. The van der Waals surface area contributed by atoms with Crippen molar-refractivity contribution in [2.45, 2.75) is 20.4 Å². The summed E-state index contributed by atoms with van der Waals surface area (Å²) in [5.74, 6) is 0.712. The highest BCUT2D eigenvalue weighted by atomic mass is 16.5. The zero-order valence-electron chi connectivity index (χ0n) is 11.5. The molecule has 3 nitrogen and oxygen atoms in total. The smallest absolute Gasteiger partial charge is 0.221 e. The molecular formula is C16H20N2O. The van der Waals surface area contributed by atoms with E-state index in [0.717, 1.165) is 24.2 Å². The van der Waals surface area contributed by atoms with Gasteiger partial charge in [-0.25, -0.2) is 4.98 Å². The summed E-state index contributed by atoms with van der Waals surface area (Å²) in [5, 5.41) is 5.52. The van der Waals surface area contributed by atoms with Crippen molar-refractivity contribution in [3.63, 3.8) is 0 Å². The van der Waals surface area contributed by atoms with Gasteiger partial charge in [-0.05, 0) is 31.0 Å². The molecule has 1 aromatic heterocycles. The van der Waals surface area contributed by atoms with Gasteiger partial charge in [0.25, 0.3) is 0 Å². The summed E-state index contributed by atoms with van der Waals surface area (Å²) < 4.78 is 5.75. The highest BCUT2D eigenvalue weighted by Gasteiger charge is 2.06. The van der Waals surface area contributed by atoms with Gasteiger partial charge in [0.05, 0.1) is 5.69 Å². The number of nitrogens with one attached hydrogen (secondary N) is 1. The molecule has 0 fully saturated rings. The Morgan fingerprint density at radius 2 is 2.16 bits per heavy atom. The van der Waals surface area contributed by atoms with E-state index >= 15 is 0 Å². The van der Waals surface area contributed by atoms with Gasteiger partial charge in [0.2, 0.25) is 5.88 Å². The number of hydrogen-bond donors (Lipinski definition) is 1. The van der Waals surface area contributed by atoms with Crippen molar-refractivity contribution < 1.29 is 4.74 Å². The van der Waals surface area contributed by atoms with Gasteiger partial charge >= 0.3 is 0 Å². The average molecular weight is 256 g/mol. The molecule has 0 aliphatic heterocycles. The van der Waals surface area contributed by atoms with E-state index in [9.17, 15) is 0 Å². The number of allylic oxidation sites excluding steroid dienone is 1. The largest absolute Gasteiger partial charge is 0.473 e. The van der Waals surface area contributed by atoms with Crippen LogP contribution in [-0.4, -0.2) is 18.1 Å². The van der Waals surface area contributed by atoms with Crippen molar-refractivity contribution in [3.05, 3.63) is 48.2 Å². The number of aromatic nitrogens is 1. The molecule has 1 heterocycles. The third-order valence-electron chi connectivity index (χ3n) is 2.87. The molecule has 0 saturated carbocycles. The molecule has 100 valence electrons. The molecule has 1 aromatic carbocycles. The summed E-state index contributed by atoms with van der Waals surface area (Å²) in [6.45, 7) is 6.32. The number of benzene rings is 1. The highest BCUT2D eigenvalue weighted by Crippen LogP contribution is 2.24. The first kappa shape index (κ1) is 13.6. The van der Waals surface area contributed by atoms with Crippen molar-refractivity contribution >= 4 is 10.8 Å². The van der Waals surface area contributed by atoms with E-state index < -0.39 is 0 Å². The zero-order chi connectivity index (χ0) is 13.5. The van der Waals surface area contributed by atoms with Gasteiger partial charge in [-0.2, -0.15) is 0 Å². The van der Waals surface area contributed by atoms with Crippen LogP contribution in [0.5, 0.6) is 5.88 Å². The Morgan fingerprint density at radius 1 is 1.32 bits per heavy atom. The van der Waals surface area contributed by atoms with E-state index in [-0.39, 0.29) is 0 Å². The molecule has 1 N–H and O–H groups in total. The fourth-order valence-corrected chi connectivity index (χ4v) is 1.90. The van der Waals surface area contributed by atoms with E-state index in [2.05, 4.69) is 29.4 Å². The van der Waals surface area contributed by atoms with Crippen LogP contribution in [0.1, 0.15) is 19.5 Å². The van der Waals surface area contributed by atoms with E-state index in [0.29, 0.717) is 12.5 Å². The van der Waals surface area contributed by atoms with Crippen molar-refractivity contribution in [2.24, 2.45) is 0 Å². The van der Waals surface area contributed by atoms with Crippen molar-refractivity contribution in [3.8, 4) is 5.88 Å². The molecule has 0 atom stereocenters. The summed E-state index contributed by atoms with van der Waals surface area (Å²) >= 11 is 0. The summed E-state index contributed by atoms with van der Waals surface area (Å²) in [6, 6.07) is 10.3. The third-order valence-corrected chi connectivity index (χ3v) is 2.87. The molecule has 0 aliphatic carbocycles. The SMILES string of the molecule is CC=CCOc1nc(CNCC)cc2ccccc12. The Kier molecular flexibility index (Phi) is 4.93. The van der Waals surface area contributed by atoms with Crippen LogP contribution in [0.25, 0.3) is 10.8 Å². The second kappa shape index (κ2) is 6.90. The Morgan fingerprint density at radius 3 is 2.95 bits per heavy atom. The van der Waals surface area contributed by atoms with Crippen LogP contribution in [-0.2, 0) is 6.54 Å². The molecule has 0 amide bonds. The number of pyridine rings is 1. The van der Waals surface area contributed by atoms with Crippen LogP contribution in [0.3, 0.4) is 0 Å². The molecule has 0 radical (unpaired) electrons. The molecule has 0 saturated heterocycles. The van der Waals surface area contributed by atoms with Gasteiger partial charge in [-0.1, -0.05) is 37.3 Å². The summed E-state index contributed by atoms with van der Waals surface area (Å²) in [4.78, 5) is 4.59. The summed E-state index contributed by atoms with van der Waals surface area (Å²) in [6.07, 6.45) is 3.96. The van der Waals surface area contributed by atoms with Crippen LogP contribution in [0.4, 0.5) is 0 Å². The fourth-order valence-electron chi connectivity index (χ4n) is 1.90. The maximum atomic E-state index is 5.75. The predicted octanol–water partition coefficient (Wildman–Crippen LogP) is 3.30. The maximum absolute atomic E-state index is 5.75. The van der Waals surface area contributed by atoms with Crippen LogP contribution < -0.4 is 10.1 Å². The number of hydrogen-bond acceptors (Lipinski definition) is 3. The lowest BCUT2D eigenvalue weighted by Crippen LogP contribution is -2.13. The predicted molar refractivity (Wildman–Crippen MR) is 79.4 cm³/mol. The zero-order valence-corrected chi connectivity index (χ0v) is 11.5. The molecule has 0 unspecified atom stereocenters. The summed E-state index contributed by atoms with van der Waals surface area (Å²) in [7, 11) is 0. The molecule has 3 heteroatoms. The number of ether oxygens (including phenoxy) is 1. The lowest BCUT2D eigenvalue weighted by molar-refractivity contribution is 0.351. The molecule has 2 aromatic rings. The molecular weight excluding hydrogens is 236 g/mol. The van der Waals surface area contributed by atoms with E-state index in [1.165, 1.54) is 5.39 Å². The molecule has 0 aliphatic rings. The topological polar surface area (TPSA) is 34.1 Å². The van der Waals surface area contributed by atoms with E-state index in [1.54, 1.807) is 0 Å². The first-order chi connectivity index (χ1) is 9.35. The quantitative estimate of drug-likeness (QED) is 0.805. The van der Waals surface area contributed by atoms with Gasteiger partial charge < -0.3 is 10.1 Å². The van der Waals surface area contributed by atoms with Crippen LogP contribution in [0, 0.1) is 0 Å². The van der Waals surface area contributed by atoms with E-state index in [4.69, 9.17) is 4.74 Å². The monoisotopic (exact) mass is 256 g/mol. The van der Waals surface area contributed by atoms with Crippen LogP contribution in [0.15, 0.2) is 42.5 Å². The number of rotatable bonds is 6. The molecule has 2 rings (SSSR count). The van der Waals surface area contributed by atoms with Gasteiger partial charge in [0, 0.05) is 11.9 Å². The van der Waals surface area contributed by atoms with E-state index in [1.807, 2.05) is 37.3 Å². The van der Waals surface area contributed by atoms with Gasteiger partial charge in [-0.3, -0.25) is 0 Å². The van der Waals surface area contributed by atoms with Crippen LogP contribution in [0.2, 0.25) is 0 Å². The summed E-state index contributed by atoms with van der Waals surface area (Å²) in [5.41, 5.74) is 1.01. The Bertz CT molecular complexity index is 564. The van der Waals surface area contributed by atoms with Gasteiger partial charge in [0.1, 0.15) is 6.61 Å². The molecule has 0 spiro atoms. The Balaban J connectivity index is 2.33. The first-order valence-corrected chi connectivity index (χ1v) is 6.68. The Labute approximate surface area is 114 Å². The lowest BCUT2D eigenvalue weighted by Gasteiger charge is -2.10. The lowest BCUT2D eigenvalue weighted by atomic mass is 10.1. The molecule has 19 heavy (non-hydrogen) atoms. The minimum absolute atomic E-state index is 0.554. The fraction of sp³-hybridized carbons (Fsp3) is 0.312. The average Bonchev–Trinajstić information content (AvgIpc) is 2.45. The second-order valence-corrected chi connectivity index (χ2v) is 4.30. The van der Waals surface area contributed by atoms with Gasteiger partial charge in [-0.15, -0.1) is 0 Å². The standard InChI is InChI=1S/C16H20N2O/c1-3-5-10-19-16-15-9-7-6-8-13(15)11-14(18-16)12-17-4-2/h3,5-9,11,17H,4,10,12H2,1-2H3. The molecule has 0 bridgehead atoms. The Hall–Kier alpha value is -1.87. The van der Waals surface area contributed by atoms with Crippen molar-refractivity contribution in [1.82, 2.24) is 10.3 Å². The minimum atomic E-state index is 0.554. The number of fused-ring (bicyclic) bond motifs is 1. The normalized spacial score (nSPS) is 11.3. The third kappa shape index (κ3) is 3.55. The van der Waals surface area contributed by atoms with Crippen LogP contribution >= 0.6 is 0 Å². The van der Waals surface area contributed by atoms with Crippen molar-refractivity contribution in [2.75, 3.05) is 13.2 Å². The second-order valence-electron chi connectivity index (χ2n) is 4.30.